The van der Waals surface area contributed by atoms with Gasteiger partial charge in [-0.2, -0.15) is 0 Å². The Hall–Kier alpha value is -2.00. The van der Waals surface area contributed by atoms with Gasteiger partial charge in [-0.1, -0.05) is 38.1 Å². The van der Waals surface area contributed by atoms with E-state index in [0.29, 0.717) is 5.92 Å². The molecule has 0 amide bonds. The maximum Gasteiger partial charge on any atom is 0.131 e. The molecular formula is C18H23NO2. The van der Waals surface area contributed by atoms with Crippen LogP contribution in [0.5, 0.6) is 17.2 Å². The first-order valence-corrected chi connectivity index (χ1v) is 7.29. The lowest BCUT2D eigenvalue weighted by atomic mass is 10.2. The summed E-state index contributed by atoms with van der Waals surface area (Å²) in [5.74, 6) is 3.09. The molecule has 0 atom stereocenters. The minimum absolute atomic E-state index is 0.636. The van der Waals surface area contributed by atoms with E-state index < -0.39 is 0 Å². The van der Waals surface area contributed by atoms with Gasteiger partial charge >= 0.3 is 0 Å². The predicted molar refractivity (Wildman–Crippen MR) is 86.1 cm³/mol. The number of hydrogen-bond donors (Lipinski definition) is 1. The average Bonchev–Trinajstić information content (AvgIpc) is 2.49. The Balaban J connectivity index is 2.08. The van der Waals surface area contributed by atoms with E-state index in [1.165, 1.54) is 0 Å². The highest BCUT2D eigenvalue weighted by atomic mass is 16.5. The zero-order chi connectivity index (χ0) is 15.1. The lowest BCUT2D eigenvalue weighted by molar-refractivity contribution is 0.408. The Kier molecular flexibility index (Phi) is 5.64. The van der Waals surface area contributed by atoms with E-state index in [9.17, 15) is 0 Å². The molecular weight excluding hydrogens is 262 g/mol. The Bertz CT molecular complexity index is 567. The molecule has 2 aromatic carbocycles. The molecule has 1 N–H and O–H groups in total. The highest BCUT2D eigenvalue weighted by Gasteiger charge is 2.05. The van der Waals surface area contributed by atoms with Crippen molar-refractivity contribution in [1.29, 1.82) is 0 Å². The topological polar surface area (TPSA) is 30.5 Å². The standard InChI is InChI=1S/C18H23NO2/c1-14(2)12-19-13-15-7-4-5-10-18(15)21-17-9-6-8-16(11-17)20-3/h4-11,14,19H,12-13H2,1-3H3. The third-order valence-corrected chi connectivity index (χ3v) is 3.11. The molecule has 0 saturated carbocycles. The first-order chi connectivity index (χ1) is 10.2. The maximum atomic E-state index is 5.99. The monoisotopic (exact) mass is 285 g/mol. The number of benzene rings is 2. The molecule has 0 fully saturated rings. The van der Waals surface area contributed by atoms with Crippen LogP contribution >= 0.6 is 0 Å². The van der Waals surface area contributed by atoms with E-state index >= 15 is 0 Å². The van der Waals surface area contributed by atoms with Crippen molar-refractivity contribution in [2.45, 2.75) is 20.4 Å². The van der Waals surface area contributed by atoms with Crippen LogP contribution in [-0.4, -0.2) is 13.7 Å². The Morgan fingerprint density at radius 3 is 2.52 bits per heavy atom. The molecule has 0 aromatic heterocycles. The molecule has 21 heavy (non-hydrogen) atoms. The largest absolute Gasteiger partial charge is 0.497 e. The Morgan fingerprint density at radius 2 is 1.76 bits per heavy atom. The van der Waals surface area contributed by atoms with Gasteiger partial charge in [-0.05, 0) is 30.7 Å². The van der Waals surface area contributed by atoms with Crippen LogP contribution in [0.15, 0.2) is 48.5 Å². The summed E-state index contributed by atoms with van der Waals surface area (Å²) in [6.07, 6.45) is 0. The molecule has 112 valence electrons. The van der Waals surface area contributed by atoms with Crippen molar-refractivity contribution in [3.8, 4) is 17.2 Å². The summed E-state index contributed by atoms with van der Waals surface area (Å²) in [4.78, 5) is 0. The fourth-order valence-corrected chi connectivity index (χ4v) is 2.04. The van der Waals surface area contributed by atoms with Gasteiger partial charge in [-0.3, -0.25) is 0 Å². The van der Waals surface area contributed by atoms with Gasteiger partial charge < -0.3 is 14.8 Å². The lowest BCUT2D eigenvalue weighted by Gasteiger charge is -2.13. The molecule has 0 spiro atoms. The predicted octanol–water partition coefficient (Wildman–Crippen LogP) is 4.23. The number of para-hydroxylation sites is 1. The van der Waals surface area contributed by atoms with Crippen molar-refractivity contribution >= 4 is 0 Å². The van der Waals surface area contributed by atoms with Crippen LogP contribution in [0.1, 0.15) is 19.4 Å². The van der Waals surface area contributed by atoms with Crippen molar-refractivity contribution in [1.82, 2.24) is 5.32 Å². The molecule has 0 radical (unpaired) electrons. The minimum Gasteiger partial charge on any atom is -0.497 e. The molecule has 3 nitrogen and oxygen atoms in total. The van der Waals surface area contributed by atoms with E-state index in [1.807, 2.05) is 42.5 Å². The van der Waals surface area contributed by atoms with Crippen molar-refractivity contribution in [2.75, 3.05) is 13.7 Å². The highest BCUT2D eigenvalue weighted by Crippen LogP contribution is 2.27. The molecule has 2 rings (SSSR count). The summed E-state index contributed by atoms with van der Waals surface area (Å²) in [6.45, 7) is 6.20. The fourth-order valence-electron chi connectivity index (χ4n) is 2.04. The summed E-state index contributed by atoms with van der Waals surface area (Å²) in [5, 5.41) is 3.45. The quantitative estimate of drug-likeness (QED) is 0.825. The van der Waals surface area contributed by atoms with Crippen LogP contribution in [0.2, 0.25) is 0 Å². The molecule has 2 aromatic rings. The second-order valence-electron chi connectivity index (χ2n) is 5.41. The summed E-state index contributed by atoms with van der Waals surface area (Å²) in [6, 6.07) is 15.7. The van der Waals surface area contributed by atoms with E-state index in [4.69, 9.17) is 9.47 Å². The SMILES string of the molecule is COc1cccc(Oc2ccccc2CNCC(C)C)c1. The zero-order valence-corrected chi connectivity index (χ0v) is 12.9. The van der Waals surface area contributed by atoms with Gasteiger partial charge in [0, 0.05) is 18.2 Å². The fraction of sp³-hybridized carbons (Fsp3) is 0.333. The van der Waals surface area contributed by atoms with Crippen LogP contribution < -0.4 is 14.8 Å². The highest BCUT2D eigenvalue weighted by molar-refractivity contribution is 5.40. The number of nitrogens with one attached hydrogen (secondary N) is 1. The zero-order valence-electron chi connectivity index (χ0n) is 12.9. The molecule has 3 heteroatoms. The molecule has 0 aliphatic rings. The smallest absolute Gasteiger partial charge is 0.131 e. The second kappa shape index (κ2) is 7.70. The van der Waals surface area contributed by atoms with Gasteiger partial charge in [0.25, 0.3) is 0 Å². The van der Waals surface area contributed by atoms with Gasteiger partial charge in [-0.25, -0.2) is 0 Å². The van der Waals surface area contributed by atoms with Crippen LogP contribution in [0, 0.1) is 5.92 Å². The molecule has 0 aliphatic heterocycles. The van der Waals surface area contributed by atoms with E-state index in [0.717, 1.165) is 35.9 Å². The number of methoxy groups -OCH3 is 1. The lowest BCUT2D eigenvalue weighted by Crippen LogP contribution is -2.19. The number of hydrogen-bond acceptors (Lipinski definition) is 3. The first kappa shape index (κ1) is 15.4. The van der Waals surface area contributed by atoms with Gasteiger partial charge in [0.2, 0.25) is 0 Å². The van der Waals surface area contributed by atoms with E-state index in [2.05, 4.69) is 25.2 Å². The van der Waals surface area contributed by atoms with Crippen molar-refractivity contribution in [3.05, 3.63) is 54.1 Å². The minimum atomic E-state index is 0.636. The van der Waals surface area contributed by atoms with Crippen LogP contribution in [-0.2, 0) is 6.54 Å². The summed E-state index contributed by atoms with van der Waals surface area (Å²) >= 11 is 0. The number of ether oxygens (including phenoxy) is 2. The molecule has 0 saturated heterocycles. The summed E-state index contributed by atoms with van der Waals surface area (Å²) < 4.78 is 11.2. The first-order valence-electron chi connectivity index (χ1n) is 7.29. The molecule has 0 aliphatic carbocycles. The molecule has 0 bridgehead atoms. The summed E-state index contributed by atoms with van der Waals surface area (Å²) in [5.41, 5.74) is 1.15. The Labute approximate surface area is 126 Å². The van der Waals surface area contributed by atoms with Crippen LogP contribution in [0.3, 0.4) is 0 Å². The van der Waals surface area contributed by atoms with Gasteiger partial charge in [0.05, 0.1) is 7.11 Å². The third-order valence-electron chi connectivity index (χ3n) is 3.11. The van der Waals surface area contributed by atoms with Crippen LogP contribution in [0.4, 0.5) is 0 Å². The van der Waals surface area contributed by atoms with Crippen LogP contribution in [0.25, 0.3) is 0 Å². The molecule has 0 heterocycles. The second-order valence-corrected chi connectivity index (χ2v) is 5.41. The normalized spacial score (nSPS) is 10.7. The summed E-state index contributed by atoms with van der Waals surface area (Å²) in [7, 11) is 1.66. The van der Waals surface area contributed by atoms with Gasteiger partial charge in [-0.15, -0.1) is 0 Å². The third kappa shape index (κ3) is 4.80. The van der Waals surface area contributed by atoms with Crippen molar-refractivity contribution in [2.24, 2.45) is 5.92 Å². The molecule has 0 unspecified atom stereocenters. The average molecular weight is 285 g/mol. The van der Waals surface area contributed by atoms with Gasteiger partial charge in [0.15, 0.2) is 0 Å². The van der Waals surface area contributed by atoms with E-state index in [1.54, 1.807) is 7.11 Å². The van der Waals surface area contributed by atoms with Gasteiger partial charge in [0.1, 0.15) is 17.2 Å². The van der Waals surface area contributed by atoms with Crippen molar-refractivity contribution < 1.29 is 9.47 Å². The van der Waals surface area contributed by atoms with Crippen molar-refractivity contribution in [3.63, 3.8) is 0 Å². The maximum absolute atomic E-state index is 5.99. The van der Waals surface area contributed by atoms with E-state index in [-0.39, 0.29) is 0 Å². The Morgan fingerprint density at radius 1 is 1.00 bits per heavy atom. The number of rotatable bonds is 7.